The fourth-order valence-electron chi connectivity index (χ4n) is 3.81. The van der Waals surface area contributed by atoms with Crippen LogP contribution >= 0.6 is 0 Å². The first-order valence-electron chi connectivity index (χ1n) is 11.2. The highest BCUT2D eigenvalue weighted by Crippen LogP contribution is 2.17. The molecule has 3 aromatic carbocycles. The van der Waals surface area contributed by atoms with Gasteiger partial charge in [-0.25, -0.2) is 0 Å². The molecule has 1 saturated heterocycles. The normalized spacial score (nSPS) is 13.4. The van der Waals surface area contributed by atoms with Crippen molar-refractivity contribution < 1.29 is 14.3 Å². The third kappa shape index (κ3) is 5.76. The van der Waals surface area contributed by atoms with Gasteiger partial charge in [-0.1, -0.05) is 30.3 Å². The standard InChI is InChI=1S/C27H28N2O3/c30-26(22-11-15-25(16-12-22)32-20-17-21-7-3-1-4-8-21)28-24-13-9-23(10-14-24)27(31)29-18-5-2-6-19-29/h1,3-4,7-16H,2,5-6,17-20H2,(H,28,30). The number of anilines is 1. The van der Waals surface area contributed by atoms with E-state index in [1.807, 2.05) is 23.1 Å². The van der Waals surface area contributed by atoms with Gasteiger partial charge in [0, 0.05) is 36.3 Å². The summed E-state index contributed by atoms with van der Waals surface area (Å²) in [6.07, 6.45) is 4.16. The number of ether oxygens (including phenoxy) is 1. The lowest BCUT2D eigenvalue weighted by atomic mass is 10.1. The van der Waals surface area contributed by atoms with E-state index in [4.69, 9.17) is 4.74 Å². The molecule has 5 heteroatoms. The maximum Gasteiger partial charge on any atom is 0.255 e. The summed E-state index contributed by atoms with van der Waals surface area (Å²) >= 11 is 0. The minimum atomic E-state index is -0.198. The summed E-state index contributed by atoms with van der Waals surface area (Å²) in [5.41, 5.74) is 3.09. The number of likely N-dealkylation sites (tertiary alicyclic amines) is 1. The van der Waals surface area contributed by atoms with E-state index in [9.17, 15) is 9.59 Å². The Morgan fingerprint density at radius 1 is 0.781 bits per heavy atom. The molecule has 0 aromatic heterocycles. The molecule has 164 valence electrons. The Hall–Kier alpha value is -3.60. The summed E-state index contributed by atoms with van der Waals surface area (Å²) in [7, 11) is 0. The molecule has 0 atom stereocenters. The van der Waals surface area contributed by atoms with Crippen LogP contribution in [0.25, 0.3) is 0 Å². The first kappa shape index (κ1) is 21.6. The summed E-state index contributed by atoms with van der Waals surface area (Å²) in [5.74, 6) is 0.597. The number of rotatable bonds is 7. The molecular formula is C27H28N2O3. The maximum atomic E-state index is 12.6. The number of nitrogens with one attached hydrogen (secondary N) is 1. The highest BCUT2D eigenvalue weighted by atomic mass is 16.5. The molecule has 0 radical (unpaired) electrons. The van der Waals surface area contributed by atoms with Gasteiger partial charge < -0.3 is 15.0 Å². The molecule has 1 aliphatic heterocycles. The van der Waals surface area contributed by atoms with Gasteiger partial charge in [0.15, 0.2) is 0 Å². The van der Waals surface area contributed by atoms with Crippen LogP contribution in [-0.2, 0) is 6.42 Å². The van der Waals surface area contributed by atoms with E-state index in [1.165, 1.54) is 12.0 Å². The molecule has 32 heavy (non-hydrogen) atoms. The van der Waals surface area contributed by atoms with E-state index < -0.39 is 0 Å². The minimum Gasteiger partial charge on any atom is -0.493 e. The first-order valence-corrected chi connectivity index (χ1v) is 11.2. The van der Waals surface area contributed by atoms with Crippen LogP contribution in [0.1, 0.15) is 45.5 Å². The van der Waals surface area contributed by atoms with E-state index in [0.29, 0.717) is 23.4 Å². The Morgan fingerprint density at radius 2 is 1.44 bits per heavy atom. The molecule has 2 amide bonds. The van der Waals surface area contributed by atoms with Gasteiger partial charge in [0.2, 0.25) is 0 Å². The fourth-order valence-corrected chi connectivity index (χ4v) is 3.81. The molecule has 0 spiro atoms. The summed E-state index contributed by atoms with van der Waals surface area (Å²) in [4.78, 5) is 27.0. The number of carbonyl (C=O) groups is 2. The lowest BCUT2D eigenvalue weighted by Gasteiger charge is -2.26. The molecule has 1 N–H and O–H groups in total. The zero-order valence-electron chi connectivity index (χ0n) is 18.1. The fraction of sp³-hybridized carbons (Fsp3) is 0.259. The van der Waals surface area contributed by atoms with Gasteiger partial charge >= 0.3 is 0 Å². The minimum absolute atomic E-state index is 0.0606. The lowest BCUT2D eigenvalue weighted by molar-refractivity contribution is 0.0724. The van der Waals surface area contributed by atoms with E-state index in [-0.39, 0.29) is 11.8 Å². The Bertz CT molecular complexity index is 1020. The van der Waals surface area contributed by atoms with Crippen molar-refractivity contribution in [3.8, 4) is 5.75 Å². The van der Waals surface area contributed by atoms with E-state index in [0.717, 1.165) is 38.1 Å². The number of carbonyl (C=O) groups excluding carboxylic acids is 2. The molecule has 5 nitrogen and oxygen atoms in total. The molecule has 0 unspecified atom stereocenters. The molecule has 4 rings (SSSR count). The van der Waals surface area contributed by atoms with Crippen LogP contribution in [0.2, 0.25) is 0 Å². The Kier molecular flexibility index (Phi) is 7.18. The third-order valence-corrected chi connectivity index (χ3v) is 5.65. The topological polar surface area (TPSA) is 58.6 Å². The number of hydrogen-bond donors (Lipinski definition) is 1. The molecular weight excluding hydrogens is 400 g/mol. The third-order valence-electron chi connectivity index (χ3n) is 5.65. The zero-order chi connectivity index (χ0) is 22.2. The lowest BCUT2D eigenvalue weighted by Crippen LogP contribution is -2.35. The molecule has 1 heterocycles. The average molecular weight is 429 g/mol. The predicted molar refractivity (Wildman–Crippen MR) is 126 cm³/mol. The van der Waals surface area contributed by atoms with Crippen LogP contribution in [-0.4, -0.2) is 36.4 Å². The SMILES string of the molecule is O=C(Nc1ccc(C(=O)N2CCCCC2)cc1)c1ccc(OCCc2ccccc2)cc1. The molecule has 1 fully saturated rings. The summed E-state index contributed by atoms with van der Waals surface area (Å²) in [6.45, 7) is 2.23. The van der Waals surface area contributed by atoms with Crippen molar-refractivity contribution in [1.82, 2.24) is 4.90 Å². The second-order valence-corrected chi connectivity index (χ2v) is 7.99. The van der Waals surface area contributed by atoms with Gasteiger partial charge in [0.1, 0.15) is 5.75 Å². The zero-order valence-corrected chi connectivity index (χ0v) is 18.1. The van der Waals surface area contributed by atoms with E-state index in [1.54, 1.807) is 48.5 Å². The smallest absolute Gasteiger partial charge is 0.255 e. The summed E-state index contributed by atoms with van der Waals surface area (Å²) in [5, 5.41) is 2.88. The van der Waals surface area contributed by atoms with Crippen molar-refractivity contribution >= 4 is 17.5 Å². The molecule has 0 aliphatic carbocycles. The van der Waals surface area contributed by atoms with Crippen LogP contribution in [0.5, 0.6) is 5.75 Å². The van der Waals surface area contributed by atoms with E-state index >= 15 is 0 Å². The Balaban J connectivity index is 1.28. The van der Waals surface area contributed by atoms with Crippen LogP contribution < -0.4 is 10.1 Å². The Morgan fingerprint density at radius 3 is 2.12 bits per heavy atom. The van der Waals surface area contributed by atoms with Crippen molar-refractivity contribution in [3.05, 3.63) is 95.6 Å². The second-order valence-electron chi connectivity index (χ2n) is 7.99. The first-order chi connectivity index (χ1) is 15.7. The van der Waals surface area contributed by atoms with Crippen LogP contribution in [0.3, 0.4) is 0 Å². The largest absolute Gasteiger partial charge is 0.493 e. The molecule has 0 bridgehead atoms. The van der Waals surface area contributed by atoms with E-state index in [2.05, 4.69) is 17.4 Å². The van der Waals surface area contributed by atoms with Crippen LogP contribution in [0.15, 0.2) is 78.9 Å². The average Bonchev–Trinajstić information content (AvgIpc) is 2.86. The van der Waals surface area contributed by atoms with Gasteiger partial charge in [0.05, 0.1) is 6.61 Å². The van der Waals surface area contributed by atoms with Gasteiger partial charge in [-0.15, -0.1) is 0 Å². The van der Waals surface area contributed by atoms with Crippen molar-refractivity contribution in [1.29, 1.82) is 0 Å². The number of hydrogen-bond acceptors (Lipinski definition) is 3. The van der Waals surface area contributed by atoms with Crippen LogP contribution in [0.4, 0.5) is 5.69 Å². The number of amides is 2. The highest BCUT2D eigenvalue weighted by molar-refractivity contribution is 6.04. The van der Waals surface area contributed by atoms with Gasteiger partial charge in [-0.2, -0.15) is 0 Å². The van der Waals surface area contributed by atoms with Crippen molar-refractivity contribution in [3.63, 3.8) is 0 Å². The second kappa shape index (κ2) is 10.6. The van der Waals surface area contributed by atoms with Crippen LogP contribution in [0, 0.1) is 0 Å². The summed E-state index contributed by atoms with van der Waals surface area (Å²) in [6, 6.07) is 24.4. The summed E-state index contributed by atoms with van der Waals surface area (Å²) < 4.78 is 5.78. The van der Waals surface area contributed by atoms with Gasteiger partial charge in [-0.3, -0.25) is 9.59 Å². The monoisotopic (exact) mass is 428 g/mol. The predicted octanol–water partition coefficient (Wildman–Crippen LogP) is 5.19. The van der Waals surface area contributed by atoms with Gasteiger partial charge in [0.25, 0.3) is 11.8 Å². The quantitative estimate of drug-likeness (QED) is 0.564. The van der Waals surface area contributed by atoms with Crippen molar-refractivity contribution in [2.45, 2.75) is 25.7 Å². The Labute approximate surface area is 189 Å². The number of benzene rings is 3. The number of nitrogens with zero attached hydrogens (tertiary/aromatic N) is 1. The van der Waals surface area contributed by atoms with Crippen molar-refractivity contribution in [2.75, 3.05) is 25.0 Å². The molecule has 0 saturated carbocycles. The molecule has 3 aromatic rings. The molecule has 1 aliphatic rings. The van der Waals surface area contributed by atoms with Crippen molar-refractivity contribution in [2.24, 2.45) is 0 Å². The van der Waals surface area contributed by atoms with Gasteiger partial charge in [-0.05, 0) is 73.4 Å². The number of piperidine rings is 1. The highest BCUT2D eigenvalue weighted by Gasteiger charge is 2.18. The maximum absolute atomic E-state index is 12.6.